The fourth-order valence-electron chi connectivity index (χ4n) is 2.93. The van der Waals surface area contributed by atoms with Crippen LogP contribution < -0.4 is 15.4 Å². The van der Waals surface area contributed by atoms with Crippen LogP contribution in [-0.4, -0.2) is 19.1 Å². The number of benzene rings is 3. The Morgan fingerprint density at radius 3 is 1.81 bits per heavy atom. The molecule has 3 rings (SSSR count). The van der Waals surface area contributed by atoms with Crippen molar-refractivity contribution < 1.29 is 9.53 Å². The average molecular weight is 360 g/mol. The Labute approximate surface area is 160 Å². The molecule has 4 heteroatoms. The highest BCUT2D eigenvalue weighted by Crippen LogP contribution is 2.23. The maximum Gasteiger partial charge on any atom is 0.241 e. The van der Waals surface area contributed by atoms with Crippen LogP contribution in [0.15, 0.2) is 84.9 Å². The summed E-state index contributed by atoms with van der Waals surface area (Å²) in [5.74, 6) is 0.671. The highest BCUT2D eigenvalue weighted by molar-refractivity contribution is 5.94. The first kappa shape index (κ1) is 18.7. The van der Waals surface area contributed by atoms with Gasteiger partial charge in [0.1, 0.15) is 5.75 Å². The molecule has 0 aliphatic carbocycles. The predicted molar refractivity (Wildman–Crippen MR) is 109 cm³/mol. The summed E-state index contributed by atoms with van der Waals surface area (Å²) in [6, 6.07) is 27.2. The molecule has 2 N–H and O–H groups in total. The maximum atomic E-state index is 12.7. The Morgan fingerprint density at radius 1 is 0.815 bits per heavy atom. The first-order chi connectivity index (χ1) is 13.2. The minimum atomic E-state index is -0.377. The molecule has 3 aromatic carbocycles. The molecule has 0 bridgehead atoms. The van der Waals surface area contributed by atoms with Crippen LogP contribution in [0.2, 0.25) is 0 Å². The van der Waals surface area contributed by atoms with E-state index in [1.165, 1.54) is 0 Å². The molecule has 0 radical (unpaired) electrons. The first-order valence-corrected chi connectivity index (χ1v) is 8.98. The van der Waals surface area contributed by atoms with E-state index in [2.05, 4.69) is 34.9 Å². The number of anilines is 1. The number of methoxy groups -OCH3 is 1. The van der Waals surface area contributed by atoms with Crippen molar-refractivity contribution in [1.29, 1.82) is 0 Å². The van der Waals surface area contributed by atoms with Gasteiger partial charge in [0.2, 0.25) is 5.91 Å². The number of carbonyl (C=O) groups is 1. The molecule has 1 amide bonds. The van der Waals surface area contributed by atoms with Crippen molar-refractivity contribution in [2.45, 2.75) is 19.0 Å². The lowest BCUT2D eigenvalue weighted by atomic mass is 9.98. The van der Waals surface area contributed by atoms with E-state index in [0.29, 0.717) is 0 Å². The lowest BCUT2D eigenvalue weighted by Gasteiger charge is -2.24. The quantitative estimate of drug-likeness (QED) is 0.656. The zero-order valence-electron chi connectivity index (χ0n) is 15.6. The minimum Gasteiger partial charge on any atom is -0.497 e. The summed E-state index contributed by atoms with van der Waals surface area (Å²) < 4.78 is 5.15. The first-order valence-electron chi connectivity index (χ1n) is 8.98. The lowest BCUT2D eigenvalue weighted by molar-refractivity contribution is -0.117. The number of hydrogen-bond acceptors (Lipinski definition) is 3. The highest BCUT2D eigenvalue weighted by Gasteiger charge is 2.20. The van der Waals surface area contributed by atoms with Crippen LogP contribution in [0.3, 0.4) is 0 Å². The zero-order chi connectivity index (χ0) is 19.1. The molecular formula is C23H24N2O2. The largest absolute Gasteiger partial charge is 0.497 e. The van der Waals surface area contributed by atoms with Gasteiger partial charge in [0.25, 0.3) is 0 Å². The van der Waals surface area contributed by atoms with Crippen molar-refractivity contribution in [2.75, 3.05) is 12.4 Å². The van der Waals surface area contributed by atoms with E-state index in [-0.39, 0.29) is 18.0 Å². The number of nitrogens with one attached hydrogen (secondary N) is 2. The standard InChI is InChI=1S/C23H24N2O2/c1-17(23(26)25-20-13-15-21(27-2)16-14-20)24-22(18-9-5-3-6-10-18)19-11-7-4-8-12-19/h3-17,22,24H,1-2H3,(H,25,26)/t17-/m1/s1. The van der Waals surface area contributed by atoms with Gasteiger partial charge in [-0.15, -0.1) is 0 Å². The second-order valence-electron chi connectivity index (χ2n) is 6.36. The van der Waals surface area contributed by atoms with Gasteiger partial charge in [-0.3, -0.25) is 10.1 Å². The summed E-state index contributed by atoms with van der Waals surface area (Å²) in [7, 11) is 1.62. The summed E-state index contributed by atoms with van der Waals surface area (Å²) in [5.41, 5.74) is 2.98. The van der Waals surface area contributed by atoms with Crippen LogP contribution in [-0.2, 0) is 4.79 Å². The van der Waals surface area contributed by atoms with Crippen molar-refractivity contribution in [2.24, 2.45) is 0 Å². The Kier molecular flexibility index (Phi) is 6.23. The van der Waals surface area contributed by atoms with Gasteiger partial charge in [-0.05, 0) is 42.3 Å². The van der Waals surface area contributed by atoms with Crippen molar-refractivity contribution >= 4 is 11.6 Å². The highest BCUT2D eigenvalue weighted by atomic mass is 16.5. The molecule has 0 aromatic heterocycles. The van der Waals surface area contributed by atoms with E-state index < -0.39 is 0 Å². The fraction of sp³-hybridized carbons (Fsp3) is 0.174. The van der Waals surface area contributed by atoms with Gasteiger partial charge in [-0.1, -0.05) is 60.7 Å². The van der Waals surface area contributed by atoms with E-state index in [0.717, 1.165) is 22.6 Å². The van der Waals surface area contributed by atoms with E-state index in [4.69, 9.17) is 4.74 Å². The molecular weight excluding hydrogens is 336 g/mol. The molecule has 0 aliphatic rings. The summed E-state index contributed by atoms with van der Waals surface area (Å²) in [4.78, 5) is 12.7. The summed E-state index contributed by atoms with van der Waals surface area (Å²) >= 11 is 0. The minimum absolute atomic E-state index is 0.0657. The molecule has 1 atom stereocenters. The van der Waals surface area contributed by atoms with E-state index in [9.17, 15) is 4.79 Å². The monoisotopic (exact) mass is 360 g/mol. The van der Waals surface area contributed by atoms with Gasteiger partial charge in [0, 0.05) is 5.69 Å². The Morgan fingerprint density at radius 2 is 1.33 bits per heavy atom. The van der Waals surface area contributed by atoms with Gasteiger partial charge in [0.15, 0.2) is 0 Å². The number of ether oxygens (including phenoxy) is 1. The van der Waals surface area contributed by atoms with Crippen LogP contribution in [0, 0.1) is 0 Å². The number of amides is 1. The molecule has 0 unspecified atom stereocenters. The normalized spacial score (nSPS) is 11.8. The van der Waals surface area contributed by atoms with E-state index in [1.54, 1.807) is 7.11 Å². The summed E-state index contributed by atoms with van der Waals surface area (Å²) in [6.45, 7) is 1.87. The fourth-order valence-corrected chi connectivity index (χ4v) is 2.93. The Balaban J connectivity index is 1.73. The molecule has 0 saturated heterocycles. The number of hydrogen-bond donors (Lipinski definition) is 2. The van der Waals surface area contributed by atoms with Crippen molar-refractivity contribution in [3.05, 3.63) is 96.1 Å². The second kappa shape index (κ2) is 9.01. The third-order valence-electron chi connectivity index (χ3n) is 4.43. The molecule has 0 saturated carbocycles. The van der Waals surface area contributed by atoms with Gasteiger partial charge in [-0.2, -0.15) is 0 Å². The van der Waals surface area contributed by atoms with Gasteiger partial charge >= 0.3 is 0 Å². The molecule has 3 aromatic rings. The molecule has 0 aliphatic heterocycles. The van der Waals surface area contributed by atoms with Crippen molar-refractivity contribution in [3.63, 3.8) is 0 Å². The third kappa shape index (κ3) is 4.96. The third-order valence-corrected chi connectivity index (χ3v) is 4.43. The molecule has 0 spiro atoms. The van der Waals surface area contributed by atoms with Crippen molar-refractivity contribution in [1.82, 2.24) is 5.32 Å². The lowest BCUT2D eigenvalue weighted by Crippen LogP contribution is -2.40. The maximum absolute atomic E-state index is 12.7. The van der Waals surface area contributed by atoms with Gasteiger partial charge in [0.05, 0.1) is 19.2 Å². The molecule has 27 heavy (non-hydrogen) atoms. The van der Waals surface area contributed by atoms with Crippen LogP contribution >= 0.6 is 0 Å². The second-order valence-corrected chi connectivity index (χ2v) is 6.36. The zero-order valence-corrected chi connectivity index (χ0v) is 15.6. The topological polar surface area (TPSA) is 50.4 Å². The molecule has 0 heterocycles. The predicted octanol–water partition coefficient (Wildman–Crippen LogP) is 4.40. The number of rotatable bonds is 7. The van der Waals surface area contributed by atoms with Crippen LogP contribution in [0.25, 0.3) is 0 Å². The molecule has 0 fully saturated rings. The average Bonchev–Trinajstić information content (AvgIpc) is 2.73. The molecule has 138 valence electrons. The van der Waals surface area contributed by atoms with Gasteiger partial charge < -0.3 is 10.1 Å². The van der Waals surface area contributed by atoms with Crippen molar-refractivity contribution in [3.8, 4) is 5.75 Å². The smallest absolute Gasteiger partial charge is 0.241 e. The van der Waals surface area contributed by atoms with Crippen LogP contribution in [0.5, 0.6) is 5.75 Å². The van der Waals surface area contributed by atoms with Gasteiger partial charge in [-0.25, -0.2) is 0 Å². The van der Waals surface area contributed by atoms with E-state index >= 15 is 0 Å². The Hall–Kier alpha value is -3.11. The summed E-state index contributed by atoms with van der Waals surface area (Å²) in [5, 5.41) is 6.40. The Bertz CT molecular complexity index is 809. The van der Waals surface area contributed by atoms with E-state index in [1.807, 2.05) is 67.6 Å². The number of carbonyl (C=O) groups excluding carboxylic acids is 1. The SMILES string of the molecule is COc1ccc(NC(=O)[C@@H](C)NC(c2ccccc2)c2ccccc2)cc1. The van der Waals surface area contributed by atoms with Crippen LogP contribution in [0.4, 0.5) is 5.69 Å². The summed E-state index contributed by atoms with van der Waals surface area (Å²) in [6.07, 6.45) is 0. The molecule has 4 nitrogen and oxygen atoms in total. The van der Waals surface area contributed by atoms with Crippen LogP contribution in [0.1, 0.15) is 24.1 Å².